The van der Waals surface area contributed by atoms with Crippen LogP contribution in [0.4, 0.5) is 5.69 Å². The lowest BCUT2D eigenvalue weighted by molar-refractivity contribution is 0.385. The third-order valence-electron chi connectivity index (χ3n) is 3.93. The van der Waals surface area contributed by atoms with Gasteiger partial charge in [-0.1, -0.05) is 38.1 Å². The highest BCUT2D eigenvalue weighted by atomic mass is 35.5. The minimum Gasteiger partial charge on any atom is -0.398 e. The third kappa shape index (κ3) is 2.96. The minimum atomic E-state index is 0.0214. The molecule has 2 nitrogen and oxygen atoms in total. The Kier molecular flexibility index (Phi) is 4.22. The molecular formula is C16H23ClN2. The number of benzene rings is 1. The molecule has 3 N–H and O–H groups in total. The van der Waals surface area contributed by atoms with Gasteiger partial charge in [-0.15, -0.1) is 0 Å². The van der Waals surface area contributed by atoms with E-state index in [0.29, 0.717) is 16.6 Å². The number of anilines is 1. The Morgan fingerprint density at radius 3 is 2.79 bits per heavy atom. The molecule has 0 radical (unpaired) electrons. The van der Waals surface area contributed by atoms with E-state index < -0.39 is 0 Å². The molecule has 1 aromatic carbocycles. The lowest BCUT2D eigenvalue weighted by Crippen LogP contribution is -2.41. The first-order valence-electron chi connectivity index (χ1n) is 6.94. The van der Waals surface area contributed by atoms with Gasteiger partial charge in [-0.25, -0.2) is 0 Å². The van der Waals surface area contributed by atoms with E-state index in [1.54, 1.807) is 0 Å². The van der Waals surface area contributed by atoms with Crippen molar-refractivity contribution < 1.29 is 0 Å². The van der Waals surface area contributed by atoms with E-state index in [-0.39, 0.29) is 5.54 Å². The fraction of sp³-hybridized carbons (Fsp3) is 0.500. The van der Waals surface area contributed by atoms with Gasteiger partial charge in [0.05, 0.1) is 10.7 Å². The zero-order valence-corrected chi connectivity index (χ0v) is 12.6. The summed E-state index contributed by atoms with van der Waals surface area (Å²) in [5.41, 5.74) is 8.65. The monoisotopic (exact) mass is 278 g/mol. The van der Waals surface area contributed by atoms with Crippen molar-refractivity contribution in [1.82, 2.24) is 5.32 Å². The fourth-order valence-electron chi connectivity index (χ4n) is 3.05. The molecular weight excluding hydrogens is 256 g/mol. The van der Waals surface area contributed by atoms with Crippen LogP contribution in [-0.4, -0.2) is 12.1 Å². The van der Waals surface area contributed by atoms with Gasteiger partial charge in [0, 0.05) is 5.54 Å². The summed E-state index contributed by atoms with van der Waals surface area (Å²) in [5.74, 6) is 0.631. The Hall–Kier alpha value is -0.990. The summed E-state index contributed by atoms with van der Waals surface area (Å²) >= 11 is 6.13. The quantitative estimate of drug-likeness (QED) is 0.814. The van der Waals surface area contributed by atoms with E-state index in [1.807, 2.05) is 18.2 Å². The van der Waals surface area contributed by atoms with Crippen LogP contribution in [0.15, 0.2) is 24.8 Å². The number of rotatable bonds is 4. The fourth-order valence-corrected chi connectivity index (χ4v) is 3.23. The van der Waals surface area contributed by atoms with Crippen molar-refractivity contribution in [1.29, 1.82) is 0 Å². The molecule has 1 aliphatic rings. The minimum absolute atomic E-state index is 0.0214. The zero-order chi connectivity index (χ0) is 14.0. The largest absolute Gasteiger partial charge is 0.398 e. The molecule has 0 spiro atoms. The van der Waals surface area contributed by atoms with Gasteiger partial charge < -0.3 is 11.1 Å². The normalized spacial score (nSPS) is 22.9. The highest BCUT2D eigenvalue weighted by Gasteiger charge is 2.37. The predicted molar refractivity (Wildman–Crippen MR) is 84.3 cm³/mol. The number of hydrogen-bond donors (Lipinski definition) is 2. The Balaban J connectivity index is 2.31. The molecule has 0 bridgehead atoms. The van der Waals surface area contributed by atoms with E-state index in [9.17, 15) is 0 Å². The summed E-state index contributed by atoms with van der Waals surface area (Å²) < 4.78 is 0. The Morgan fingerprint density at radius 2 is 2.26 bits per heavy atom. The second-order valence-electron chi connectivity index (χ2n) is 5.93. The Labute approximate surface area is 121 Å². The Morgan fingerprint density at radius 1 is 1.53 bits per heavy atom. The first-order valence-corrected chi connectivity index (χ1v) is 7.32. The van der Waals surface area contributed by atoms with Crippen molar-refractivity contribution in [2.75, 3.05) is 12.3 Å². The van der Waals surface area contributed by atoms with Gasteiger partial charge in [0.15, 0.2) is 0 Å². The number of nitrogen functional groups attached to an aromatic ring is 1. The van der Waals surface area contributed by atoms with Crippen molar-refractivity contribution in [3.8, 4) is 0 Å². The molecule has 1 heterocycles. The summed E-state index contributed by atoms with van der Waals surface area (Å²) in [6.07, 6.45) is 3.45. The number of hydrogen-bond acceptors (Lipinski definition) is 2. The van der Waals surface area contributed by atoms with E-state index >= 15 is 0 Å². The van der Waals surface area contributed by atoms with Crippen LogP contribution in [0, 0.1) is 5.92 Å². The van der Waals surface area contributed by atoms with Crippen LogP contribution >= 0.6 is 11.6 Å². The van der Waals surface area contributed by atoms with Crippen LogP contribution < -0.4 is 11.1 Å². The molecule has 0 amide bonds. The lowest BCUT2D eigenvalue weighted by Gasteiger charge is -2.34. The second-order valence-corrected chi connectivity index (χ2v) is 6.33. The molecule has 1 atom stereocenters. The average molecular weight is 279 g/mol. The molecule has 1 fully saturated rings. The first kappa shape index (κ1) is 14.4. The molecule has 1 aliphatic heterocycles. The SMILES string of the molecule is C=C(c1ccc(N)c(Cl)c1)C1(CC(C)C)CCCN1. The highest BCUT2D eigenvalue weighted by Crippen LogP contribution is 2.39. The zero-order valence-electron chi connectivity index (χ0n) is 11.8. The number of nitrogens with one attached hydrogen (secondary N) is 1. The van der Waals surface area contributed by atoms with E-state index in [2.05, 4.69) is 25.7 Å². The van der Waals surface area contributed by atoms with Crippen molar-refractivity contribution in [2.24, 2.45) is 5.92 Å². The molecule has 1 aromatic rings. The van der Waals surface area contributed by atoms with Crippen molar-refractivity contribution in [3.05, 3.63) is 35.4 Å². The van der Waals surface area contributed by atoms with Gasteiger partial charge in [0.1, 0.15) is 0 Å². The summed E-state index contributed by atoms with van der Waals surface area (Å²) in [6, 6.07) is 5.81. The van der Waals surface area contributed by atoms with E-state index in [4.69, 9.17) is 17.3 Å². The maximum Gasteiger partial charge on any atom is 0.0641 e. The standard InChI is InChI=1S/C16H23ClN2/c1-11(2)10-16(7-4-8-19-16)12(3)13-5-6-15(18)14(17)9-13/h5-6,9,11,19H,3-4,7-8,10,18H2,1-2H3. The molecule has 2 rings (SSSR count). The van der Waals surface area contributed by atoms with Crippen LogP contribution in [0.5, 0.6) is 0 Å². The molecule has 0 saturated carbocycles. The van der Waals surface area contributed by atoms with Gasteiger partial charge >= 0.3 is 0 Å². The van der Waals surface area contributed by atoms with Gasteiger partial charge in [0.25, 0.3) is 0 Å². The topological polar surface area (TPSA) is 38.0 Å². The summed E-state index contributed by atoms with van der Waals surface area (Å²) in [4.78, 5) is 0. The molecule has 19 heavy (non-hydrogen) atoms. The smallest absolute Gasteiger partial charge is 0.0641 e. The number of halogens is 1. The highest BCUT2D eigenvalue weighted by molar-refractivity contribution is 6.33. The number of nitrogens with two attached hydrogens (primary N) is 1. The predicted octanol–water partition coefficient (Wildman–Crippen LogP) is 4.10. The van der Waals surface area contributed by atoms with E-state index in [1.165, 1.54) is 6.42 Å². The van der Waals surface area contributed by atoms with E-state index in [0.717, 1.165) is 30.5 Å². The van der Waals surface area contributed by atoms with Crippen molar-refractivity contribution in [3.63, 3.8) is 0 Å². The van der Waals surface area contributed by atoms with Gasteiger partial charge in [-0.2, -0.15) is 0 Å². The van der Waals surface area contributed by atoms with Crippen LogP contribution in [0.1, 0.15) is 38.7 Å². The lowest BCUT2D eigenvalue weighted by atomic mass is 9.78. The molecule has 0 aromatic heterocycles. The maximum atomic E-state index is 6.13. The second kappa shape index (κ2) is 5.56. The summed E-state index contributed by atoms with van der Waals surface area (Å²) in [7, 11) is 0. The van der Waals surface area contributed by atoms with Crippen LogP contribution in [0.25, 0.3) is 5.57 Å². The summed E-state index contributed by atoms with van der Waals surface area (Å²) in [6.45, 7) is 9.91. The molecule has 0 aliphatic carbocycles. The van der Waals surface area contributed by atoms with Crippen molar-refractivity contribution >= 4 is 22.9 Å². The molecule has 3 heteroatoms. The van der Waals surface area contributed by atoms with Crippen LogP contribution in [0.2, 0.25) is 5.02 Å². The third-order valence-corrected chi connectivity index (χ3v) is 4.25. The maximum absolute atomic E-state index is 6.13. The molecule has 1 saturated heterocycles. The summed E-state index contributed by atoms with van der Waals surface area (Å²) in [5, 5.41) is 4.27. The molecule has 1 unspecified atom stereocenters. The van der Waals surface area contributed by atoms with Gasteiger partial charge in [-0.3, -0.25) is 0 Å². The van der Waals surface area contributed by atoms with Gasteiger partial charge in [-0.05, 0) is 55.0 Å². The molecule has 104 valence electrons. The van der Waals surface area contributed by atoms with Crippen LogP contribution in [-0.2, 0) is 0 Å². The van der Waals surface area contributed by atoms with Gasteiger partial charge in [0.2, 0.25) is 0 Å². The average Bonchev–Trinajstić information content (AvgIpc) is 2.80. The van der Waals surface area contributed by atoms with Crippen LogP contribution in [0.3, 0.4) is 0 Å². The Bertz CT molecular complexity index is 474. The first-order chi connectivity index (χ1) is 8.94. The van der Waals surface area contributed by atoms with Crippen molar-refractivity contribution in [2.45, 2.75) is 38.6 Å².